The van der Waals surface area contributed by atoms with Crippen molar-refractivity contribution in [1.82, 2.24) is 20.0 Å². The lowest BCUT2D eigenvalue weighted by molar-refractivity contribution is -0.133. The summed E-state index contributed by atoms with van der Waals surface area (Å²) in [7, 11) is 1.61. The number of aromatic amines is 1. The van der Waals surface area contributed by atoms with Crippen molar-refractivity contribution in [2.45, 2.75) is 70.4 Å². The minimum atomic E-state index is 0.0945. The maximum absolute atomic E-state index is 13.2. The highest BCUT2D eigenvalue weighted by atomic mass is 16.5. The van der Waals surface area contributed by atoms with Crippen LogP contribution in [0.15, 0.2) is 6.20 Å². The molecule has 0 aromatic carbocycles. The molecule has 2 aliphatic heterocycles. The summed E-state index contributed by atoms with van der Waals surface area (Å²) in [6.07, 6.45) is 7.12. The van der Waals surface area contributed by atoms with Crippen molar-refractivity contribution >= 4 is 11.8 Å². The number of nitrogens with zero attached hydrogens (tertiary/aromatic N) is 3. The third-order valence-electron chi connectivity index (χ3n) is 6.10. The van der Waals surface area contributed by atoms with Crippen LogP contribution in [0, 0.1) is 0 Å². The van der Waals surface area contributed by atoms with Gasteiger partial charge in [0.25, 0.3) is 5.91 Å². The van der Waals surface area contributed by atoms with Gasteiger partial charge in [-0.2, -0.15) is 5.10 Å². The van der Waals surface area contributed by atoms with Gasteiger partial charge in [-0.1, -0.05) is 0 Å². The van der Waals surface area contributed by atoms with Gasteiger partial charge >= 0.3 is 0 Å². The summed E-state index contributed by atoms with van der Waals surface area (Å²) in [5.41, 5.74) is 1.65. The summed E-state index contributed by atoms with van der Waals surface area (Å²) < 4.78 is 5.00. The number of rotatable bonds is 5. The summed E-state index contributed by atoms with van der Waals surface area (Å²) in [5.74, 6) is 0.484. The summed E-state index contributed by atoms with van der Waals surface area (Å²) in [6, 6.07) is 0.536. The zero-order valence-electron chi connectivity index (χ0n) is 16.7. The van der Waals surface area contributed by atoms with E-state index in [1.165, 1.54) is 6.42 Å². The predicted molar refractivity (Wildman–Crippen MR) is 103 cm³/mol. The molecule has 0 aliphatic carbocycles. The van der Waals surface area contributed by atoms with Crippen LogP contribution in [0.1, 0.15) is 74.3 Å². The average molecular weight is 377 g/mol. The molecule has 3 heterocycles. The lowest BCUT2D eigenvalue weighted by Crippen LogP contribution is -2.47. The number of methoxy groups -OCH3 is 1. The number of aromatic nitrogens is 2. The van der Waals surface area contributed by atoms with Crippen LogP contribution < -0.4 is 0 Å². The highest BCUT2D eigenvalue weighted by molar-refractivity contribution is 5.95. The summed E-state index contributed by atoms with van der Waals surface area (Å²) in [4.78, 5) is 29.3. The molecule has 7 nitrogen and oxygen atoms in total. The summed E-state index contributed by atoms with van der Waals surface area (Å²) in [5, 5.41) is 7.27. The maximum Gasteiger partial charge on any atom is 0.257 e. The van der Waals surface area contributed by atoms with Crippen molar-refractivity contribution in [3.63, 3.8) is 0 Å². The Morgan fingerprint density at radius 2 is 1.85 bits per heavy atom. The Morgan fingerprint density at radius 3 is 2.48 bits per heavy atom. The van der Waals surface area contributed by atoms with Gasteiger partial charge in [-0.15, -0.1) is 0 Å². The van der Waals surface area contributed by atoms with Crippen LogP contribution in [-0.4, -0.2) is 70.7 Å². The molecule has 0 spiro atoms. The second-order valence-corrected chi connectivity index (χ2v) is 7.94. The van der Waals surface area contributed by atoms with Gasteiger partial charge in [-0.25, -0.2) is 0 Å². The Balaban J connectivity index is 1.65. The van der Waals surface area contributed by atoms with Gasteiger partial charge in [0, 0.05) is 38.2 Å². The topological polar surface area (TPSA) is 78.5 Å². The fraction of sp³-hybridized carbons (Fsp3) is 0.750. The number of carbonyl (C=O) groups excluding carboxylic acids is 2. The zero-order valence-corrected chi connectivity index (χ0v) is 16.7. The van der Waals surface area contributed by atoms with E-state index in [2.05, 4.69) is 24.0 Å². The molecule has 0 bridgehead atoms. The van der Waals surface area contributed by atoms with Gasteiger partial charge in [0.2, 0.25) is 5.91 Å². The first-order valence-corrected chi connectivity index (χ1v) is 10.2. The molecule has 0 radical (unpaired) electrons. The zero-order chi connectivity index (χ0) is 19.4. The van der Waals surface area contributed by atoms with Gasteiger partial charge in [-0.3, -0.25) is 14.7 Å². The molecule has 1 N–H and O–H groups in total. The number of carbonyl (C=O) groups is 2. The quantitative estimate of drug-likeness (QED) is 0.857. The molecular weight excluding hydrogens is 344 g/mol. The molecule has 3 rings (SSSR count). The Morgan fingerprint density at radius 1 is 1.19 bits per heavy atom. The Labute approximate surface area is 161 Å². The summed E-state index contributed by atoms with van der Waals surface area (Å²) >= 11 is 0. The molecule has 2 saturated heterocycles. The predicted octanol–water partition coefficient (Wildman–Crippen LogP) is 2.56. The highest BCUT2D eigenvalue weighted by Crippen LogP contribution is 2.31. The molecule has 2 aliphatic rings. The van der Waals surface area contributed by atoms with E-state index in [-0.39, 0.29) is 29.8 Å². The molecule has 1 aromatic rings. The van der Waals surface area contributed by atoms with Crippen LogP contribution in [0.25, 0.3) is 0 Å². The molecule has 1 aromatic heterocycles. The molecule has 2 atom stereocenters. The van der Waals surface area contributed by atoms with Crippen LogP contribution in [0.4, 0.5) is 0 Å². The molecule has 7 heteroatoms. The smallest absolute Gasteiger partial charge is 0.257 e. The van der Waals surface area contributed by atoms with E-state index in [4.69, 9.17) is 4.74 Å². The lowest BCUT2D eigenvalue weighted by Gasteiger charge is -2.39. The monoisotopic (exact) mass is 376 g/mol. The van der Waals surface area contributed by atoms with E-state index < -0.39 is 0 Å². The van der Waals surface area contributed by atoms with E-state index in [1.54, 1.807) is 13.3 Å². The molecule has 2 unspecified atom stereocenters. The van der Waals surface area contributed by atoms with E-state index in [1.807, 2.05) is 9.80 Å². The first kappa shape index (κ1) is 19.9. The minimum absolute atomic E-state index is 0.0945. The number of ether oxygens (including phenoxy) is 1. The first-order chi connectivity index (χ1) is 13.0. The number of nitrogens with one attached hydrogen (secondary N) is 1. The minimum Gasteiger partial charge on any atom is -0.384 e. The number of H-pyrrole nitrogens is 1. The Kier molecular flexibility index (Phi) is 6.52. The second kappa shape index (κ2) is 8.87. The number of piperidine rings is 2. The molecule has 150 valence electrons. The number of hydrogen-bond acceptors (Lipinski definition) is 4. The van der Waals surface area contributed by atoms with E-state index >= 15 is 0 Å². The van der Waals surface area contributed by atoms with Crippen molar-refractivity contribution in [3.05, 3.63) is 17.5 Å². The number of amides is 2. The third kappa shape index (κ3) is 4.34. The fourth-order valence-electron chi connectivity index (χ4n) is 4.50. The van der Waals surface area contributed by atoms with Crippen molar-refractivity contribution in [2.75, 3.05) is 26.8 Å². The number of likely N-dealkylation sites (tertiary alicyclic amines) is 2. The normalized spacial score (nSPS) is 24.3. The van der Waals surface area contributed by atoms with Crippen LogP contribution in [0.2, 0.25) is 0 Å². The standard InChI is InChI=1S/C20H32N4O3/c1-14-5-4-6-15(2)24(14)20(26)17-13-21-22-19(17)16-7-10-23(11-8-16)18(25)9-12-27-3/h13-16H,4-12H2,1-3H3,(H,21,22). The summed E-state index contributed by atoms with van der Waals surface area (Å²) in [6.45, 7) is 6.17. The van der Waals surface area contributed by atoms with Crippen molar-refractivity contribution in [3.8, 4) is 0 Å². The van der Waals surface area contributed by atoms with Crippen LogP contribution >= 0.6 is 0 Å². The van der Waals surface area contributed by atoms with Gasteiger partial charge in [-0.05, 0) is 46.0 Å². The van der Waals surface area contributed by atoms with Crippen molar-refractivity contribution in [1.29, 1.82) is 0 Å². The fourth-order valence-corrected chi connectivity index (χ4v) is 4.50. The van der Waals surface area contributed by atoms with E-state index in [0.29, 0.717) is 18.6 Å². The van der Waals surface area contributed by atoms with Crippen LogP contribution in [-0.2, 0) is 9.53 Å². The second-order valence-electron chi connectivity index (χ2n) is 7.94. The number of hydrogen-bond donors (Lipinski definition) is 1. The van der Waals surface area contributed by atoms with E-state index in [0.717, 1.165) is 44.5 Å². The highest BCUT2D eigenvalue weighted by Gasteiger charge is 2.34. The first-order valence-electron chi connectivity index (χ1n) is 10.2. The van der Waals surface area contributed by atoms with Gasteiger partial charge in [0.05, 0.1) is 30.5 Å². The van der Waals surface area contributed by atoms with Crippen LogP contribution in [0.3, 0.4) is 0 Å². The third-order valence-corrected chi connectivity index (χ3v) is 6.10. The van der Waals surface area contributed by atoms with Crippen LogP contribution in [0.5, 0.6) is 0 Å². The lowest BCUT2D eigenvalue weighted by atomic mass is 9.90. The molecule has 2 fully saturated rings. The largest absolute Gasteiger partial charge is 0.384 e. The van der Waals surface area contributed by atoms with Gasteiger partial charge in [0.1, 0.15) is 0 Å². The molecule has 0 saturated carbocycles. The molecule has 2 amide bonds. The molecular formula is C20H32N4O3. The average Bonchev–Trinajstić information content (AvgIpc) is 3.16. The van der Waals surface area contributed by atoms with Gasteiger partial charge < -0.3 is 14.5 Å². The van der Waals surface area contributed by atoms with Crippen molar-refractivity contribution in [2.24, 2.45) is 0 Å². The molecule has 27 heavy (non-hydrogen) atoms. The Bertz CT molecular complexity index is 641. The van der Waals surface area contributed by atoms with Crippen molar-refractivity contribution < 1.29 is 14.3 Å². The van der Waals surface area contributed by atoms with Gasteiger partial charge in [0.15, 0.2) is 0 Å². The van der Waals surface area contributed by atoms with E-state index in [9.17, 15) is 9.59 Å². The SMILES string of the molecule is COCCC(=O)N1CCC(c2[nH]ncc2C(=O)N2C(C)CCCC2C)CC1. The Hall–Kier alpha value is -1.89. The maximum atomic E-state index is 13.2.